The summed E-state index contributed by atoms with van der Waals surface area (Å²) in [6.07, 6.45) is 0. The van der Waals surface area contributed by atoms with Gasteiger partial charge in [-0.3, -0.25) is 0 Å². The molecule has 2 heterocycles. The van der Waals surface area contributed by atoms with Crippen molar-refractivity contribution in [3.63, 3.8) is 0 Å². The van der Waals surface area contributed by atoms with Gasteiger partial charge in [0.05, 0.1) is 5.52 Å². The van der Waals surface area contributed by atoms with Crippen molar-refractivity contribution in [2.24, 2.45) is 0 Å². The third kappa shape index (κ3) is 2.26. The van der Waals surface area contributed by atoms with Gasteiger partial charge in [-0.25, -0.2) is 19.2 Å². The van der Waals surface area contributed by atoms with Crippen molar-refractivity contribution in [3.8, 4) is 11.5 Å². The molecule has 1 aromatic carbocycles. The zero-order valence-electron chi connectivity index (χ0n) is 9.73. The highest BCUT2D eigenvalue weighted by atomic mass is 35.5. The van der Waals surface area contributed by atoms with E-state index < -0.39 is 11.4 Å². The number of hydrogen-bond acceptors (Lipinski definition) is 4. The number of hydrogen-bond donors (Lipinski definition) is 0. The molecule has 0 aliphatic rings. The monoisotopic (exact) mass is 310 g/mol. The molecule has 0 saturated carbocycles. The highest BCUT2D eigenvalue weighted by Crippen LogP contribution is 2.24. The zero-order valence-corrected chi connectivity index (χ0v) is 11.2. The molecule has 2 aromatic heterocycles. The lowest BCUT2D eigenvalue weighted by molar-refractivity contribution is 0.513. The van der Waals surface area contributed by atoms with Crippen LogP contribution in [-0.4, -0.2) is 9.97 Å². The summed E-state index contributed by atoms with van der Waals surface area (Å²) in [6, 6.07) is 7.04. The third-order valence-electron chi connectivity index (χ3n) is 2.62. The van der Waals surface area contributed by atoms with Crippen molar-refractivity contribution < 1.29 is 8.81 Å². The first-order valence-electron chi connectivity index (χ1n) is 5.47. The van der Waals surface area contributed by atoms with Crippen LogP contribution < -0.4 is 5.63 Å². The fourth-order valence-corrected chi connectivity index (χ4v) is 2.25. The second kappa shape index (κ2) is 4.85. The standard InChI is InChI=1S/C13H5Cl2FN2O2/c14-9-4-6(5-10(15)18-9)12-17-8-3-1-2-7(16)11(8)13(19)20-12/h1-5H. The average Bonchev–Trinajstić information content (AvgIpc) is 2.37. The van der Waals surface area contributed by atoms with Crippen molar-refractivity contribution in [1.29, 1.82) is 0 Å². The molecule has 0 saturated heterocycles. The van der Waals surface area contributed by atoms with Crippen LogP contribution in [0.5, 0.6) is 0 Å². The SMILES string of the molecule is O=c1oc(-c2cc(Cl)nc(Cl)c2)nc2cccc(F)c12. The molecule has 0 aliphatic carbocycles. The van der Waals surface area contributed by atoms with Crippen molar-refractivity contribution in [2.75, 3.05) is 0 Å². The quantitative estimate of drug-likeness (QED) is 0.643. The number of fused-ring (bicyclic) bond motifs is 1. The molecule has 4 nitrogen and oxygen atoms in total. The van der Waals surface area contributed by atoms with E-state index in [1.807, 2.05) is 0 Å². The number of nitrogens with zero attached hydrogens (tertiary/aromatic N) is 2. The van der Waals surface area contributed by atoms with E-state index in [4.69, 9.17) is 27.6 Å². The van der Waals surface area contributed by atoms with Crippen molar-refractivity contribution >= 4 is 34.1 Å². The van der Waals surface area contributed by atoms with Gasteiger partial charge < -0.3 is 4.42 Å². The van der Waals surface area contributed by atoms with Gasteiger partial charge in [-0.05, 0) is 24.3 Å². The van der Waals surface area contributed by atoms with Gasteiger partial charge in [0.15, 0.2) is 0 Å². The van der Waals surface area contributed by atoms with Crippen LogP contribution in [0.4, 0.5) is 4.39 Å². The van der Waals surface area contributed by atoms with E-state index in [-0.39, 0.29) is 27.1 Å². The van der Waals surface area contributed by atoms with E-state index >= 15 is 0 Å². The fourth-order valence-electron chi connectivity index (χ4n) is 1.79. The van der Waals surface area contributed by atoms with Crippen LogP contribution in [0.1, 0.15) is 0 Å². The third-order valence-corrected chi connectivity index (χ3v) is 3.00. The summed E-state index contributed by atoms with van der Waals surface area (Å²) in [4.78, 5) is 19.7. The zero-order chi connectivity index (χ0) is 14.3. The van der Waals surface area contributed by atoms with Crippen molar-refractivity contribution in [1.82, 2.24) is 9.97 Å². The molecule has 0 N–H and O–H groups in total. The average molecular weight is 311 g/mol. The van der Waals surface area contributed by atoms with E-state index in [0.717, 1.165) is 0 Å². The minimum atomic E-state index is -0.813. The maximum atomic E-state index is 13.6. The summed E-state index contributed by atoms with van der Waals surface area (Å²) in [5.41, 5.74) is -0.231. The molecule has 0 unspecified atom stereocenters. The molecule has 0 bridgehead atoms. The van der Waals surface area contributed by atoms with E-state index in [1.54, 1.807) is 0 Å². The van der Waals surface area contributed by atoms with E-state index in [2.05, 4.69) is 9.97 Å². The Bertz CT molecular complexity index is 860. The highest BCUT2D eigenvalue weighted by molar-refractivity contribution is 6.32. The maximum Gasteiger partial charge on any atom is 0.350 e. The number of pyridine rings is 1. The first-order chi connectivity index (χ1) is 9.54. The molecule has 0 amide bonds. The van der Waals surface area contributed by atoms with Crippen LogP contribution in [-0.2, 0) is 0 Å². The first-order valence-corrected chi connectivity index (χ1v) is 6.23. The highest BCUT2D eigenvalue weighted by Gasteiger charge is 2.13. The Balaban J connectivity index is 2.30. The second-order valence-corrected chi connectivity index (χ2v) is 4.72. The predicted octanol–water partition coefficient (Wildman–Crippen LogP) is 3.70. The summed E-state index contributed by atoms with van der Waals surface area (Å²) >= 11 is 11.6. The lowest BCUT2D eigenvalue weighted by Gasteiger charge is -2.03. The van der Waals surface area contributed by atoms with E-state index in [9.17, 15) is 9.18 Å². The Morgan fingerprint density at radius 2 is 1.80 bits per heavy atom. The van der Waals surface area contributed by atoms with Gasteiger partial charge in [0.1, 0.15) is 21.5 Å². The summed E-state index contributed by atoms with van der Waals surface area (Å²) in [6.45, 7) is 0. The molecule has 20 heavy (non-hydrogen) atoms. The Hall–Kier alpha value is -1.98. The lowest BCUT2D eigenvalue weighted by atomic mass is 10.2. The molecule has 0 fully saturated rings. The van der Waals surface area contributed by atoms with E-state index in [0.29, 0.717) is 5.56 Å². The predicted molar refractivity (Wildman–Crippen MR) is 73.5 cm³/mol. The van der Waals surface area contributed by atoms with Crippen molar-refractivity contribution in [2.45, 2.75) is 0 Å². The van der Waals surface area contributed by atoms with Gasteiger partial charge in [0.25, 0.3) is 0 Å². The summed E-state index contributed by atoms with van der Waals surface area (Å²) in [7, 11) is 0. The van der Waals surface area contributed by atoms with Crippen LogP contribution in [0.2, 0.25) is 10.3 Å². The largest absolute Gasteiger partial charge is 0.403 e. The van der Waals surface area contributed by atoms with Crippen LogP contribution in [0.25, 0.3) is 22.4 Å². The minimum absolute atomic E-state index is 0.000648. The Kier molecular flexibility index (Phi) is 3.16. The normalized spacial score (nSPS) is 10.9. The smallest absolute Gasteiger partial charge is 0.350 e. The molecule has 0 atom stereocenters. The Morgan fingerprint density at radius 3 is 2.50 bits per heavy atom. The van der Waals surface area contributed by atoms with Crippen LogP contribution in [0, 0.1) is 5.82 Å². The lowest BCUT2D eigenvalue weighted by Crippen LogP contribution is -2.05. The Morgan fingerprint density at radius 1 is 1.10 bits per heavy atom. The van der Waals surface area contributed by atoms with Gasteiger partial charge >= 0.3 is 5.63 Å². The summed E-state index contributed by atoms with van der Waals surface area (Å²) in [5.74, 6) is -0.680. The first kappa shape index (κ1) is 13.0. The topological polar surface area (TPSA) is 56.0 Å². The fraction of sp³-hybridized carbons (Fsp3) is 0. The van der Waals surface area contributed by atoms with Gasteiger partial charge in [0.2, 0.25) is 5.89 Å². The van der Waals surface area contributed by atoms with Crippen LogP contribution in [0.3, 0.4) is 0 Å². The Labute approximate surface area is 121 Å². The van der Waals surface area contributed by atoms with Gasteiger partial charge in [-0.1, -0.05) is 29.3 Å². The minimum Gasteiger partial charge on any atom is -0.403 e. The summed E-state index contributed by atoms with van der Waals surface area (Å²) in [5, 5.41) is 0.0788. The molecular formula is C13H5Cl2FN2O2. The molecule has 3 aromatic rings. The summed E-state index contributed by atoms with van der Waals surface area (Å²) < 4.78 is 18.6. The molecular weight excluding hydrogens is 306 g/mol. The molecule has 7 heteroatoms. The van der Waals surface area contributed by atoms with Crippen LogP contribution >= 0.6 is 23.2 Å². The molecule has 3 rings (SSSR count). The molecule has 0 radical (unpaired) electrons. The van der Waals surface area contributed by atoms with Gasteiger partial charge in [-0.2, -0.15) is 0 Å². The number of rotatable bonds is 1. The maximum absolute atomic E-state index is 13.6. The molecule has 0 spiro atoms. The van der Waals surface area contributed by atoms with Crippen LogP contribution in [0.15, 0.2) is 39.5 Å². The van der Waals surface area contributed by atoms with Gasteiger partial charge in [-0.15, -0.1) is 0 Å². The van der Waals surface area contributed by atoms with Gasteiger partial charge in [0, 0.05) is 5.56 Å². The molecule has 100 valence electrons. The number of aromatic nitrogens is 2. The number of benzene rings is 1. The molecule has 0 aliphatic heterocycles. The van der Waals surface area contributed by atoms with E-state index in [1.165, 1.54) is 30.3 Å². The second-order valence-electron chi connectivity index (χ2n) is 3.94. The number of halogens is 3. The van der Waals surface area contributed by atoms with Crippen molar-refractivity contribution in [3.05, 3.63) is 56.9 Å².